The molecule has 3 aliphatic heterocycles. The quantitative estimate of drug-likeness (QED) is 0.622. The Labute approximate surface area is 80.4 Å². The van der Waals surface area contributed by atoms with Crippen molar-refractivity contribution in [2.45, 2.75) is 18.0 Å². The minimum atomic E-state index is -5.28. The van der Waals surface area contributed by atoms with Crippen LogP contribution in [-0.4, -0.2) is 37.9 Å². The maximum Gasteiger partial charge on any atom is 0.497 e. The Kier molecular flexibility index (Phi) is 2.12. The van der Waals surface area contributed by atoms with Crippen LogP contribution in [0.2, 0.25) is 0 Å². The molecule has 1 atom stereocenters. The predicted molar refractivity (Wildman–Crippen MR) is 46.1 cm³/mol. The summed E-state index contributed by atoms with van der Waals surface area (Å²) in [7, 11) is -4.09. The first-order valence-corrected chi connectivity index (χ1v) is 6.03. The van der Waals surface area contributed by atoms with Gasteiger partial charge in [0.15, 0.2) is 10.0 Å². The van der Waals surface area contributed by atoms with Gasteiger partial charge in [-0.15, -0.1) is 0 Å². The lowest BCUT2D eigenvalue weighted by molar-refractivity contribution is 0.227. The van der Waals surface area contributed by atoms with Gasteiger partial charge in [-0.3, -0.25) is 0 Å². The van der Waals surface area contributed by atoms with Crippen molar-refractivity contribution < 1.29 is 21.4 Å². The molecule has 3 heterocycles. The van der Waals surface area contributed by atoms with Crippen molar-refractivity contribution in [1.82, 2.24) is 4.31 Å². The highest BCUT2D eigenvalue weighted by molar-refractivity contribution is 7.91. The molecule has 1 unspecified atom stereocenters. The molecule has 0 amide bonds. The van der Waals surface area contributed by atoms with Crippen molar-refractivity contribution in [1.29, 1.82) is 0 Å². The van der Waals surface area contributed by atoms with Gasteiger partial charge in [-0.25, -0.2) is 12.7 Å². The van der Waals surface area contributed by atoms with Crippen LogP contribution in [0.4, 0.5) is 12.9 Å². The number of rotatable bonds is 1. The van der Waals surface area contributed by atoms with E-state index in [1.807, 2.05) is 0 Å². The largest absolute Gasteiger partial charge is 0.497 e. The molecule has 8 heteroatoms. The van der Waals surface area contributed by atoms with Gasteiger partial charge in [-0.1, -0.05) is 0 Å². The molecule has 2 bridgehead atoms. The Morgan fingerprint density at radius 1 is 1.14 bits per heavy atom. The van der Waals surface area contributed by atoms with Crippen LogP contribution >= 0.6 is 0 Å². The fourth-order valence-corrected chi connectivity index (χ4v) is 4.59. The fourth-order valence-electron chi connectivity index (χ4n) is 2.38. The average Bonchev–Trinajstić information content (AvgIpc) is 2.01. The first-order valence-electron chi connectivity index (χ1n) is 4.52. The van der Waals surface area contributed by atoms with E-state index in [0.29, 0.717) is 12.8 Å². The average molecular weight is 228 g/mol. The summed E-state index contributed by atoms with van der Waals surface area (Å²) in [5.74, 6) is -0.704. The zero-order valence-corrected chi connectivity index (χ0v) is 8.18. The molecule has 0 N–H and O–H groups in total. The van der Waals surface area contributed by atoms with Gasteiger partial charge in [-0.2, -0.15) is 0 Å². The number of piperidine rings is 1. The van der Waals surface area contributed by atoms with Gasteiger partial charge in [-0.05, 0) is 18.8 Å². The second-order valence-electron chi connectivity index (χ2n) is 3.87. The Morgan fingerprint density at radius 2 is 1.64 bits per heavy atom. The van der Waals surface area contributed by atoms with Crippen LogP contribution in [0.25, 0.3) is 0 Å². The summed E-state index contributed by atoms with van der Waals surface area (Å²) in [5.41, 5.74) is 0. The second-order valence-corrected chi connectivity index (χ2v) is 5.96. The number of nitrogens with zero attached hydrogens (tertiary/aromatic N) is 1. The first-order chi connectivity index (χ1) is 6.33. The normalized spacial score (nSPS) is 41.2. The molecule has 3 rings (SSSR count). The first kappa shape index (κ1) is 10.3. The SMILES string of the molecule is O=S1(=O)C([B-](F)(F)F)C2CCN1CC2. The fraction of sp³-hybridized carbons (Fsp3) is 1.00. The van der Waals surface area contributed by atoms with Gasteiger partial charge in [0, 0.05) is 18.2 Å². The molecule has 82 valence electrons. The molecule has 3 saturated heterocycles. The van der Waals surface area contributed by atoms with Crippen molar-refractivity contribution in [2.75, 3.05) is 13.1 Å². The van der Waals surface area contributed by atoms with Crippen LogP contribution < -0.4 is 0 Å². The van der Waals surface area contributed by atoms with Gasteiger partial charge >= 0.3 is 6.98 Å². The number of hydrogen-bond donors (Lipinski definition) is 0. The number of hydrogen-bond acceptors (Lipinski definition) is 2. The molecule has 0 aromatic carbocycles. The monoisotopic (exact) mass is 228 g/mol. The maximum absolute atomic E-state index is 12.6. The summed E-state index contributed by atoms with van der Waals surface area (Å²) >= 11 is 0. The Hall–Kier alpha value is -0.235. The maximum atomic E-state index is 12.6. The lowest BCUT2D eigenvalue weighted by Crippen LogP contribution is -2.61. The van der Waals surface area contributed by atoms with E-state index in [9.17, 15) is 21.4 Å². The minimum Gasteiger partial charge on any atom is -0.448 e. The summed E-state index contributed by atoms with van der Waals surface area (Å²) in [4.78, 5) is 0. The smallest absolute Gasteiger partial charge is 0.448 e. The van der Waals surface area contributed by atoms with E-state index in [0.717, 1.165) is 4.31 Å². The predicted octanol–water partition coefficient (Wildman–Crippen LogP) is 0.797. The summed E-state index contributed by atoms with van der Waals surface area (Å²) in [6, 6.07) is 0. The highest BCUT2D eigenvalue weighted by Gasteiger charge is 2.55. The van der Waals surface area contributed by atoms with Crippen LogP contribution in [0.3, 0.4) is 0 Å². The van der Waals surface area contributed by atoms with Crippen molar-refractivity contribution >= 4 is 17.0 Å². The third-order valence-corrected chi connectivity index (χ3v) is 5.51. The van der Waals surface area contributed by atoms with Gasteiger partial charge in [0.25, 0.3) is 0 Å². The lowest BCUT2D eigenvalue weighted by Gasteiger charge is -2.47. The molecule has 3 nitrogen and oxygen atoms in total. The van der Waals surface area contributed by atoms with E-state index in [2.05, 4.69) is 0 Å². The molecule has 0 radical (unpaired) electrons. The molecule has 0 aliphatic carbocycles. The molecular formula is C6H10BF3NO2S-. The molecule has 0 aromatic heterocycles. The van der Waals surface area contributed by atoms with E-state index < -0.39 is 28.1 Å². The number of halogens is 3. The number of fused-ring (bicyclic) bond motifs is 3. The van der Waals surface area contributed by atoms with Crippen molar-refractivity contribution in [3.63, 3.8) is 0 Å². The highest BCUT2D eigenvalue weighted by atomic mass is 32.2. The van der Waals surface area contributed by atoms with Gasteiger partial charge in [0.2, 0.25) is 0 Å². The van der Waals surface area contributed by atoms with E-state index in [-0.39, 0.29) is 13.1 Å². The second kappa shape index (κ2) is 2.88. The van der Waals surface area contributed by atoms with Crippen LogP contribution in [0.15, 0.2) is 0 Å². The Bertz CT molecular complexity index is 333. The Morgan fingerprint density at radius 3 is 1.93 bits per heavy atom. The molecule has 0 spiro atoms. The van der Waals surface area contributed by atoms with Gasteiger partial charge in [0.05, 0.1) is 0 Å². The Balaban J connectivity index is 2.41. The minimum absolute atomic E-state index is 0.260. The highest BCUT2D eigenvalue weighted by Crippen LogP contribution is 2.40. The molecule has 3 aliphatic rings. The van der Waals surface area contributed by atoms with E-state index in [1.165, 1.54) is 0 Å². The lowest BCUT2D eigenvalue weighted by atomic mass is 9.73. The zero-order chi connectivity index (χ0) is 10.6. The van der Waals surface area contributed by atoms with Crippen LogP contribution in [-0.2, 0) is 10.0 Å². The third kappa shape index (κ3) is 1.35. The van der Waals surface area contributed by atoms with Crippen molar-refractivity contribution in [2.24, 2.45) is 5.92 Å². The molecule has 0 aromatic rings. The zero-order valence-electron chi connectivity index (χ0n) is 7.37. The molecule has 0 saturated carbocycles. The standard InChI is InChI=1S/C6H10BF3NO2S/c8-7(9,10)6-5-1-3-11(4-2-5)14(6,12)13/h5-6H,1-4H2/q-1. The van der Waals surface area contributed by atoms with Gasteiger partial charge < -0.3 is 12.9 Å². The number of sulfonamides is 1. The molecule has 14 heavy (non-hydrogen) atoms. The summed E-state index contributed by atoms with van der Waals surface area (Å²) in [5, 5.41) is -2.09. The van der Waals surface area contributed by atoms with Crippen LogP contribution in [0.1, 0.15) is 12.8 Å². The van der Waals surface area contributed by atoms with Gasteiger partial charge in [0.1, 0.15) is 0 Å². The van der Waals surface area contributed by atoms with Crippen molar-refractivity contribution in [3.05, 3.63) is 0 Å². The van der Waals surface area contributed by atoms with Crippen molar-refractivity contribution in [3.8, 4) is 0 Å². The molecular weight excluding hydrogens is 218 g/mol. The van der Waals surface area contributed by atoms with E-state index >= 15 is 0 Å². The van der Waals surface area contributed by atoms with Crippen LogP contribution in [0, 0.1) is 5.92 Å². The summed E-state index contributed by atoms with van der Waals surface area (Å²) in [6.45, 7) is -4.76. The van der Waals surface area contributed by atoms with E-state index in [1.54, 1.807) is 0 Å². The molecule has 3 fully saturated rings. The topological polar surface area (TPSA) is 37.4 Å². The van der Waals surface area contributed by atoms with Crippen LogP contribution in [0.5, 0.6) is 0 Å². The third-order valence-electron chi connectivity index (χ3n) is 3.04. The summed E-state index contributed by atoms with van der Waals surface area (Å²) < 4.78 is 61.5. The van der Waals surface area contributed by atoms with E-state index in [4.69, 9.17) is 0 Å². The summed E-state index contributed by atoms with van der Waals surface area (Å²) in [6.07, 6.45) is 0.705.